The smallest absolute Gasteiger partial charge is 0.239 e. The van der Waals surface area contributed by atoms with E-state index in [2.05, 4.69) is 22.4 Å². The molecular weight excluding hydrogens is 274 g/mol. The van der Waals surface area contributed by atoms with Crippen LogP contribution in [-0.2, 0) is 16.4 Å². The van der Waals surface area contributed by atoms with Crippen molar-refractivity contribution in [3.05, 3.63) is 53.7 Å². The van der Waals surface area contributed by atoms with E-state index in [9.17, 15) is 8.42 Å². The van der Waals surface area contributed by atoms with Gasteiger partial charge in [-0.1, -0.05) is 24.3 Å². The first-order valence-corrected chi connectivity index (χ1v) is 7.92. The fraction of sp³-hybridized carbons (Fsp3) is 0.214. The fourth-order valence-electron chi connectivity index (χ4n) is 2.52. The first kappa shape index (κ1) is 13.1. The van der Waals surface area contributed by atoms with Gasteiger partial charge in [0.2, 0.25) is 10.0 Å². The molecule has 0 bridgehead atoms. The zero-order valence-electron chi connectivity index (χ0n) is 10.8. The number of sulfonamides is 1. The number of primary sulfonamides is 1. The summed E-state index contributed by atoms with van der Waals surface area (Å²) in [7, 11) is -3.69. The van der Waals surface area contributed by atoms with E-state index >= 15 is 0 Å². The van der Waals surface area contributed by atoms with Crippen molar-refractivity contribution in [1.29, 1.82) is 0 Å². The highest BCUT2D eigenvalue weighted by Crippen LogP contribution is 2.33. The highest BCUT2D eigenvalue weighted by molar-refractivity contribution is 7.89. The van der Waals surface area contributed by atoms with E-state index in [4.69, 9.17) is 5.14 Å². The Morgan fingerprint density at radius 1 is 1.20 bits per heavy atom. The predicted molar refractivity (Wildman–Crippen MR) is 76.7 cm³/mol. The highest BCUT2D eigenvalue weighted by atomic mass is 32.2. The molecule has 0 fully saturated rings. The summed E-state index contributed by atoms with van der Waals surface area (Å²) in [5.41, 5.74) is 2.64. The minimum atomic E-state index is -3.69. The molecule has 0 saturated carbocycles. The zero-order chi connectivity index (χ0) is 14.2. The lowest BCUT2D eigenvalue weighted by Crippen LogP contribution is -2.13. The molecule has 5 nitrogen and oxygen atoms in total. The molecule has 1 aromatic heterocycles. The van der Waals surface area contributed by atoms with Crippen LogP contribution in [0.3, 0.4) is 0 Å². The third kappa shape index (κ3) is 2.52. The topological polar surface area (TPSA) is 85.1 Å². The lowest BCUT2D eigenvalue weighted by atomic mass is 10.1. The van der Waals surface area contributed by atoms with Gasteiger partial charge < -0.3 is 5.32 Å². The predicted octanol–water partition coefficient (Wildman–Crippen LogP) is 1.83. The Hall–Kier alpha value is -1.92. The van der Waals surface area contributed by atoms with E-state index in [1.165, 1.54) is 23.4 Å². The van der Waals surface area contributed by atoms with Crippen LogP contribution in [0.4, 0.5) is 5.82 Å². The maximum absolute atomic E-state index is 11.2. The van der Waals surface area contributed by atoms with E-state index in [0.29, 0.717) is 5.82 Å². The largest absolute Gasteiger partial charge is 0.363 e. The van der Waals surface area contributed by atoms with E-state index in [-0.39, 0.29) is 10.9 Å². The van der Waals surface area contributed by atoms with Gasteiger partial charge in [0.05, 0.1) is 6.04 Å². The van der Waals surface area contributed by atoms with Gasteiger partial charge in [-0.15, -0.1) is 0 Å². The monoisotopic (exact) mass is 289 g/mol. The number of nitrogens with zero attached hydrogens (tertiary/aromatic N) is 1. The van der Waals surface area contributed by atoms with E-state index in [1.807, 2.05) is 12.1 Å². The number of pyridine rings is 1. The molecule has 0 radical (unpaired) electrons. The number of anilines is 1. The van der Waals surface area contributed by atoms with Crippen LogP contribution >= 0.6 is 0 Å². The molecular formula is C14H15N3O2S. The second-order valence-corrected chi connectivity index (χ2v) is 6.42. The van der Waals surface area contributed by atoms with Gasteiger partial charge in [0.1, 0.15) is 10.7 Å². The lowest BCUT2D eigenvalue weighted by molar-refractivity contribution is 0.597. The molecule has 104 valence electrons. The minimum Gasteiger partial charge on any atom is -0.363 e. The van der Waals surface area contributed by atoms with Crippen LogP contribution in [0, 0.1) is 0 Å². The van der Waals surface area contributed by atoms with Crippen LogP contribution in [0.2, 0.25) is 0 Å². The Morgan fingerprint density at radius 3 is 2.70 bits per heavy atom. The van der Waals surface area contributed by atoms with Gasteiger partial charge in [-0.25, -0.2) is 18.5 Å². The number of aryl methyl sites for hydroxylation is 1. The number of nitrogens with two attached hydrogens (primary N) is 1. The molecule has 1 aliphatic carbocycles. The molecule has 1 heterocycles. The van der Waals surface area contributed by atoms with Crippen LogP contribution in [0.25, 0.3) is 0 Å². The van der Waals surface area contributed by atoms with Crippen LogP contribution in [-0.4, -0.2) is 13.4 Å². The van der Waals surface area contributed by atoms with E-state index in [0.717, 1.165) is 12.8 Å². The second-order valence-electron chi connectivity index (χ2n) is 4.86. The Balaban J connectivity index is 1.80. The average molecular weight is 289 g/mol. The van der Waals surface area contributed by atoms with Crippen LogP contribution in [0.5, 0.6) is 0 Å². The third-order valence-corrected chi connectivity index (χ3v) is 4.42. The number of fused-ring (bicyclic) bond motifs is 1. The molecule has 0 aliphatic heterocycles. The van der Waals surface area contributed by atoms with Crippen molar-refractivity contribution in [2.45, 2.75) is 23.8 Å². The molecule has 1 aliphatic rings. The Bertz CT molecular complexity index is 726. The Morgan fingerprint density at radius 2 is 2.00 bits per heavy atom. The minimum absolute atomic E-state index is 0.0230. The zero-order valence-corrected chi connectivity index (χ0v) is 11.6. The standard InChI is InChI=1S/C14H15N3O2S/c15-20(18,19)11-6-8-14(16-9-11)17-13-7-5-10-3-1-2-4-12(10)13/h1-4,6,8-9,13H,5,7H2,(H,16,17)(H2,15,18,19). The summed E-state index contributed by atoms with van der Waals surface area (Å²) in [6, 6.07) is 11.6. The maximum Gasteiger partial charge on any atom is 0.239 e. The summed E-state index contributed by atoms with van der Waals surface area (Å²) in [4.78, 5) is 4.13. The van der Waals surface area contributed by atoms with Gasteiger partial charge in [-0.2, -0.15) is 0 Å². The lowest BCUT2D eigenvalue weighted by Gasteiger charge is -2.14. The first-order chi connectivity index (χ1) is 9.54. The molecule has 2 aromatic rings. The van der Waals surface area contributed by atoms with Gasteiger partial charge in [0, 0.05) is 6.20 Å². The molecule has 20 heavy (non-hydrogen) atoms. The summed E-state index contributed by atoms with van der Waals surface area (Å²) < 4.78 is 22.3. The summed E-state index contributed by atoms with van der Waals surface area (Å²) in [5.74, 6) is 0.652. The van der Waals surface area contributed by atoms with Crippen molar-refractivity contribution in [3.63, 3.8) is 0 Å². The van der Waals surface area contributed by atoms with Crippen molar-refractivity contribution >= 4 is 15.8 Å². The second kappa shape index (κ2) is 4.88. The van der Waals surface area contributed by atoms with Gasteiger partial charge in [-0.05, 0) is 36.1 Å². The summed E-state index contributed by atoms with van der Waals surface area (Å²) in [5, 5.41) is 8.37. The van der Waals surface area contributed by atoms with Crippen LogP contribution in [0.1, 0.15) is 23.6 Å². The summed E-state index contributed by atoms with van der Waals surface area (Å²) in [6.45, 7) is 0. The molecule has 0 saturated heterocycles. The molecule has 1 unspecified atom stereocenters. The molecule has 0 spiro atoms. The third-order valence-electron chi connectivity index (χ3n) is 3.52. The van der Waals surface area contributed by atoms with Crippen molar-refractivity contribution < 1.29 is 8.42 Å². The van der Waals surface area contributed by atoms with Crippen LogP contribution < -0.4 is 10.5 Å². The number of hydrogen-bond donors (Lipinski definition) is 2. The number of aromatic nitrogens is 1. The van der Waals surface area contributed by atoms with Crippen LogP contribution in [0.15, 0.2) is 47.5 Å². The number of nitrogens with one attached hydrogen (secondary N) is 1. The molecule has 3 N–H and O–H groups in total. The molecule has 6 heteroatoms. The van der Waals surface area contributed by atoms with Crippen molar-refractivity contribution in [2.24, 2.45) is 5.14 Å². The average Bonchev–Trinajstić information content (AvgIpc) is 2.82. The SMILES string of the molecule is NS(=O)(=O)c1ccc(NC2CCc3ccccc32)nc1. The van der Waals surface area contributed by atoms with Crippen molar-refractivity contribution in [3.8, 4) is 0 Å². The van der Waals surface area contributed by atoms with E-state index < -0.39 is 10.0 Å². The van der Waals surface area contributed by atoms with Crippen molar-refractivity contribution in [2.75, 3.05) is 5.32 Å². The van der Waals surface area contributed by atoms with Crippen molar-refractivity contribution in [1.82, 2.24) is 4.98 Å². The molecule has 1 aromatic carbocycles. The van der Waals surface area contributed by atoms with Gasteiger partial charge in [0.15, 0.2) is 0 Å². The fourth-order valence-corrected chi connectivity index (χ4v) is 2.98. The van der Waals surface area contributed by atoms with Gasteiger partial charge in [0.25, 0.3) is 0 Å². The summed E-state index contributed by atoms with van der Waals surface area (Å²) in [6.07, 6.45) is 3.33. The summed E-state index contributed by atoms with van der Waals surface area (Å²) >= 11 is 0. The Labute approximate surface area is 117 Å². The molecule has 3 rings (SSSR count). The van der Waals surface area contributed by atoms with Gasteiger partial charge in [-0.3, -0.25) is 0 Å². The first-order valence-electron chi connectivity index (χ1n) is 6.37. The number of hydrogen-bond acceptors (Lipinski definition) is 4. The van der Waals surface area contributed by atoms with E-state index in [1.54, 1.807) is 6.07 Å². The molecule has 0 amide bonds. The maximum atomic E-state index is 11.2. The Kier molecular flexibility index (Phi) is 3.19. The highest BCUT2D eigenvalue weighted by Gasteiger charge is 2.21. The normalized spacial score (nSPS) is 17.8. The number of rotatable bonds is 3. The van der Waals surface area contributed by atoms with Gasteiger partial charge >= 0.3 is 0 Å². The number of benzene rings is 1. The molecule has 1 atom stereocenters. The quantitative estimate of drug-likeness (QED) is 0.902.